The summed E-state index contributed by atoms with van der Waals surface area (Å²) in [6.07, 6.45) is 1.98. The van der Waals surface area contributed by atoms with Gasteiger partial charge in [0.05, 0.1) is 35.8 Å². The number of halogens is 1. The van der Waals surface area contributed by atoms with Gasteiger partial charge >= 0.3 is 0 Å². The van der Waals surface area contributed by atoms with Crippen molar-refractivity contribution in [1.82, 2.24) is 15.3 Å². The quantitative estimate of drug-likeness (QED) is 0.643. The van der Waals surface area contributed by atoms with Gasteiger partial charge in [0.1, 0.15) is 6.10 Å². The number of fused-ring (bicyclic) bond motifs is 1. The fourth-order valence-corrected chi connectivity index (χ4v) is 3.87. The van der Waals surface area contributed by atoms with Gasteiger partial charge in [-0.15, -0.1) is 0 Å². The van der Waals surface area contributed by atoms with Gasteiger partial charge in [-0.25, -0.2) is 4.98 Å². The van der Waals surface area contributed by atoms with E-state index in [0.29, 0.717) is 41.1 Å². The molecule has 1 N–H and O–H groups in total. The lowest BCUT2D eigenvalue weighted by molar-refractivity contribution is -0.119. The summed E-state index contributed by atoms with van der Waals surface area (Å²) in [4.78, 5) is 20.8. The van der Waals surface area contributed by atoms with Crippen LogP contribution in [0.3, 0.4) is 0 Å². The minimum absolute atomic E-state index is 0.0451. The molecule has 1 aliphatic rings. The number of nitrogens with one attached hydrogen (secondary N) is 1. The van der Waals surface area contributed by atoms with Crippen molar-refractivity contribution in [1.29, 1.82) is 0 Å². The molecule has 2 unspecified atom stereocenters. The Balaban J connectivity index is 1.77. The van der Waals surface area contributed by atoms with Crippen LogP contribution in [0.4, 0.5) is 0 Å². The number of hydrogen-bond acceptors (Lipinski definition) is 6. The minimum Gasteiger partial charge on any atom is -0.493 e. The summed E-state index contributed by atoms with van der Waals surface area (Å²) >= 11 is 6.39. The van der Waals surface area contributed by atoms with Crippen LogP contribution in [-0.4, -0.2) is 42.7 Å². The van der Waals surface area contributed by atoms with Crippen molar-refractivity contribution in [2.24, 2.45) is 5.92 Å². The second-order valence-corrected chi connectivity index (χ2v) is 7.57. The Morgan fingerprint density at radius 2 is 2.07 bits per heavy atom. The molecule has 0 radical (unpaired) electrons. The molecule has 8 heteroatoms. The van der Waals surface area contributed by atoms with E-state index in [0.717, 1.165) is 16.5 Å². The molecule has 3 aromatic rings. The van der Waals surface area contributed by atoms with Crippen LogP contribution in [0.15, 0.2) is 36.5 Å². The standard InChI is InChI=1S/C22H22ClN3O4/c1-12(14-9-20(27)25-11-14)30-22-15-5-4-6-24-18(15)10-17(26-22)13-7-16(23)21(29-3)19(8-13)28-2/h4-8,10,12,14H,9,11H2,1-3H3,(H,25,27). The molecule has 2 atom stereocenters. The SMILES string of the molecule is COc1cc(-c2cc3ncccc3c(OC(C)C3CNC(=O)C3)n2)cc(Cl)c1OC. The molecule has 1 saturated heterocycles. The number of carbonyl (C=O) groups excluding carboxylic acids is 1. The maximum Gasteiger partial charge on any atom is 0.223 e. The number of ether oxygens (including phenoxy) is 3. The first kappa shape index (κ1) is 20.2. The monoisotopic (exact) mass is 427 g/mol. The first-order chi connectivity index (χ1) is 14.5. The van der Waals surface area contributed by atoms with Crippen molar-refractivity contribution in [3.63, 3.8) is 0 Å². The van der Waals surface area contributed by atoms with Gasteiger partial charge in [0, 0.05) is 30.6 Å². The summed E-state index contributed by atoms with van der Waals surface area (Å²) in [5.74, 6) is 1.57. The van der Waals surface area contributed by atoms with Gasteiger partial charge in [-0.3, -0.25) is 9.78 Å². The molecule has 0 spiro atoms. The highest BCUT2D eigenvalue weighted by Gasteiger charge is 2.28. The maximum atomic E-state index is 11.6. The number of carbonyl (C=O) groups is 1. The Morgan fingerprint density at radius 1 is 1.23 bits per heavy atom. The number of pyridine rings is 2. The molecule has 156 valence electrons. The van der Waals surface area contributed by atoms with Crippen LogP contribution in [-0.2, 0) is 4.79 Å². The van der Waals surface area contributed by atoms with E-state index in [9.17, 15) is 4.79 Å². The third kappa shape index (κ3) is 3.85. The fraction of sp³-hybridized carbons (Fsp3) is 0.318. The van der Waals surface area contributed by atoms with Gasteiger partial charge in [-0.05, 0) is 37.3 Å². The molecule has 30 heavy (non-hydrogen) atoms. The molecular formula is C22H22ClN3O4. The van der Waals surface area contributed by atoms with Crippen LogP contribution in [0.25, 0.3) is 22.2 Å². The molecule has 2 aromatic heterocycles. The first-order valence-corrected chi connectivity index (χ1v) is 9.99. The van der Waals surface area contributed by atoms with Crippen molar-refractivity contribution >= 4 is 28.4 Å². The van der Waals surface area contributed by atoms with Gasteiger partial charge in [0.2, 0.25) is 11.8 Å². The lowest BCUT2D eigenvalue weighted by Crippen LogP contribution is -2.26. The molecule has 0 bridgehead atoms. The number of methoxy groups -OCH3 is 2. The van der Waals surface area contributed by atoms with Gasteiger partial charge in [0.25, 0.3) is 0 Å². The normalized spacial score (nSPS) is 16.9. The predicted octanol–water partition coefficient (Wildman–Crippen LogP) is 3.87. The Morgan fingerprint density at radius 3 is 2.77 bits per heavy atom. The largest absolute Gasteiger partial charge is 0.493 e. The fourth-order valence-electron chi connectivity index (χ4n) is 3.58. The lowest BCUT2D eigenvalue weighted by Gasteiger charge is -2.20. The van der Waals surface area contributed by atoms with Crippen LogP contribution < -0.4 is 19.5 Å². The average molecular weight is 428 g/mol. The van der Waals surface area contributed by atoms with E-state index >= 15 is 0 Å². The van der Waals surface area contributed by atoms with Gasteiger partial charge in [-0.2, -0.15) is 0 Å². The average Bonchev–Trinajstić information content (AvgIpc) is 3.19. The summed E-state index contributed by atoms with van der Waals surface area (Å²) in [6.45, 7) is 2.55. The third-order valence-corrected chi connectivity index (χ3v) is 5.54. The second kappa shape index (κ2) is 8.36. The molecule has 0 aliphatic carbocycles. The number of rotatable bonds is 6. The highest BCUT2D eigenvalue weighted by atomic mass is 35.5. The molecule has 1 aliphatic heterocycles. The summed E-state index contributed by atoms with van der Waals surface area (Å²) in [6, 6.07) is 9.22. The highest BCUT2D eigenvalue weighted by molar-refractivity contribution is 6.32. The van der Waals surface area contributed by atoms with Crippen molar-refractivity contribution in [3.05, 3.63) is 41.6 Å². The van der Waals surface area contributed by atoms with E-state index in [1.54, 1.807) is 19.4 Å². The minimum atomic E-state index is -0.191. The van der Waals surface area contributed by atoms with Crippen LogP contribution >= 0.6 is 11.6 Å². The summed E-state index contributed by atoms with van der Waals surface area (Å²) < 4.78 is 17.0. The van der Waals surface area contributed by atoms with Gasteiger partial charge < -0.3 is 19.5 Å². The van der Waals surface area contributed by atoms with Crippen molar-refractivity contribution in [3.8, 4) is 28.6 Å². The van der Waals surface area contributed by atoms with Crippen molar-refractivity contribution in [2.75, 3.05) is 20.8 Å². The molecule has 0 saturated carbocycles. The van der Waals surface area contributed by atoms with Crippen LogP contribution in [0.2, 0.25) is 5.02 Å². The van der Waals surface area contributed by atoms with Crippen molar-refractivity contribution < 1.29 is 19.0 Å². The van der Waals surface area contributed by atoms with Crippen molar-refractivity contribution in [2.45, 2.75) is 19.4 Å². The Kier molecular flexibility index (Phi) is 5.63. The predicted molar refractivity (Wildman–Crippen MR) is 114 cm³/mol. The first-order valence-electron chi connectivity index (χ1n) is 9.61. The van der Waals surface area contributed by atoms with Gasteiger partial charge in [-0.1, -0.05) is 11.6 Å². The number of nitrogens with zero attached hydrogens (tertiary/aromatic N) is 2. The zero-order chi connectivity index (χ0) is 21.3. The zero-order valence-corrected chi connectivity index (χ0v) is 17.7. The van der Waals surface area contributed by atoms with Crippen LogP contribution in [0.5, 0.6) is 17.4 Å². The summed E-state index contributed by atoms with van der Waals surface area (Å²) in [5.41, 5.74) is 2.14. The van der Waals surface area contributed by atoms with E-state index < -0.39 is 0 Å². The van der Waals surface area contributed by atoms with Crippen LogP contribution in [0.1, 0.15) is 13.3 Å². The Labute approximate surface area is 179 Å². The van der Waals surface area contributed by atoms with E-state index in [4.69, 9.17) is 30.8 Å². The second-order valence-electron chi connectivity index (χ2n) is 7.17. The Bertz CT molecular complexity index is 1110. The Hall–Kier alpha value is -3.06. The topological polar surface area (TPSA) is 82.6 Å². The van der Waals surface area contributed by atoms with Crippen LogP contribution in [0, 0.1) is 5.92 Å². The summed E-state index contributed by atoms with van der Waals surface area (Å²) in [7, 11) is 3.10. The van der Waals surface area contributed by atoms with E-state index in [1.807, 2.05) is 31.2 Å². The highest BCUT2D eigenvalue weighted by Crippen LogP contribution is 2.40. The van der Waals surface area contributed by atoms with E-state index in [2.05, 4.69) is 10.3 Å². The maximum absolute atomic E-state index is 11.6. The smallest absolute Gasteiger partial charge is 0.223 e. The summed E-state index contributed by atoms with van der Waals surface area (Å²) in [5, 5.41) is 4.07. The molecule has 7 nitrogen and oxygen atoms in total. The van der Waals surface area contributed by atoms with E-state index in [-0.39, 0.29) is 17.9 Å². The van der Waals surface area contributed by atoms with E-state index in [1.165, 1.54) is 7.11 Å². The number of benzene rings is 1. The molecule has 1 fully saturated rings. The molecule has 1 aromatic carbocycles. The zero-order valence-electron chi connectivity index (χ0n) is 16.9. The number of amides is 1. The molecular weight excluding hydrogens is 406 g/mol. The van der Waals surface area contributed by atoms with Gasteiger partial charge in [0.15, 0.2) is 11.5 Å². The molecule has 1 amide bonds. The number of hydrogen-bond donors (Lipinski definition) is 1. The molecule has 3 heterocycles. The third-order valence-electron chi connectivity index (χ3n) is 5.26. The number of aromatic nitrogens is 2. The molecule has 4 rings (SSSR count). The lowest BCUT2D eigenvalue weighted by atomic mass is 10.0.